The van der Waals surface area contributed by atoms with Crippen LogP contribution < -0.4 is 5.32 Å². The number of piperazine rings is 1. The molecule has 0 saturated carbocycles. The van der Waals surface area contributed by atoms with Gasteiger partial charge in [0.25, 0.3) is 0 Å². The minimum Gasteiger partial charge on any atom is -0.383 e. The highest BCUT2D eigenvalue weighted by molar-refractivity contribution is 7.89. The minimum atomic E-state index is -4.76. The van der Waals surface area contributed by atoms with Gasteiger partial charge in [0.05, 0.1) is 23.1 Å². The summed E-state index contributed by atoms with van der Waals surface area (Å²) in [4.78, 5) is 13.2. The van der Waals surface area contributed by atoms with Gasteiger partial charge in [-0.3, -0.25) is 9.69 Å². The summed E-state index contributed by atoms with van der Waals surface area (Å²) in [5.74, 6) is -0.212. The molecule has 1 atom stereocenters. The summed E-state index contributed by atoms with van der Waals surface area (Å²) >= 11 is 0. The molecule has 0 bridgehead atoms. The third kappa shape index (κ3) is 5.22. The maximum absolute atomic E-state index is 13.2. The highest BCUT2D eigenvalue weighted by Gasteiger charge is 2.40. The Hall–Kier alpha value is -1.69. The van der Waals surface area contributed by atoms with Crippen molar-refractivity contribution in [1.29, 1.82) is 0 Å². The van der Waals surface area contributed by atoms with Gasteiger partial charge in [0, 0.05) is 39.8 Å². The zero-order chi connectivity index (χ0) is 20.9. The van der Waals surface area contributed by atoms with Crippen LogP contribution >= 0.6 is 0 Å². The Morgan fingerprint density at radius 2 is 1.82 bits per heavy atom. The Morgan fingerprint density at radius 1 is 1.21 bits per heavy atom. The lowest BCUT2D eigenvalue weighted by Crippen LogP contribution is -2.55. The highest BCUT2D eigenvalue weighted by atomic mass is 32.2. The van der Waals surface area contributed by atoms with Crippen LogP contribution in [0.1, 0.15) is 12.5 Å². The molecule has 28 heavy (non-hydrogen) atoms. The van der Waals surface area contributed by atoms with Gasteiger partial charge in [-0.05, 0) is 19.1 Å². The standard InChI is InChI=1S/C17H24F3N3O4S/c1-13(16(24)21-7-12-27-2)22-8-10-23(11-9-22)28(25,26)15-6-4-3-5-14(15)17(18,19)20/h3-6,13H,7-12H2,1-2H3,(H,21,24)/t13-/m0/s1. The summed E-state index contributed by atoms with van der Waals surface area (Å²) in [7, 11) is -2.77. The van der Waals surface area contributed by atoms with E-state index in [1.165, 1.54) is 13.2 Å². The number of alkyl halides is 3. The maximum Gasteiger partial charge on any atom is 0.417 e. The number of halogens is 3. The van der Waals surface area contributed by atoms with Gasteiger partial charge >= 0.3 is 6.18 Å². The molecule has 0 spiro atoms. The second kappa shape index (κ2) is 9.21. The van der Waals surface area contributed by atoms with Crippen LogP contribution in [0.5, 0.6) is 0 Å². The molecular formula is C17H24F3N3O4S. The number of hydrogen-bond donors (Lipinski definition) is 1. The van der Waals surface area contributed by atoms with Crippen LogP contribution in [0.2, 0.25) is 0 Å². The van der Waals surface area contributed by atoms with Crippen LogP contribution in [0.3, 0.4) is 0 Å². The number of nitrogens with zero attached hydrogens (tertiary/aromatic N) is 2. The molecule has 1 fully saturated rings. The Balaban J connectivity index is 2.06. The van der Waals surface area contributed by atoms with Crippen molar-refractivity contribution in [1.82, 2.24) is 14.5 Å². The van der Waals surface area contributed by atoms with Crippen molar-refractivity contribution in [3.8, 4) is 0 Å². The minimum absolute atomic E-state index is 0.00418. The third-order valence-corrected chi connectivity index (χ3v) is 6.57. The average molecular weight is 423 g/mol. The molecule has 7 nitrogen and oxygen atoms in total. The van der Waals surface area contributed by atoms with E-state index in [0.29, 0.717) is 13.2 Å². The number of ether oxygens (including phenoxy) is 1. The van der Waals surface area contributed by atoms with E-state index >= 15 is 0 Å². The third-order valence-electron chi connectivity index (χ3n) is 4.62. The highest BCUT2D eigenvalue weighted by Crippen LogP contribution is 2.35. The predicted octanol–water partition coefficient (Wildman–Crippen LogP) is 1.16. The smallest absolute Gasteiger partial charge is 0.383 e. The van der Waals surface area contributed by atoms with E-state index in [0.717, 1.165) is 22.5 Å². The second-order valence-corrected chi connectivity index (χ2v) is 8.30. The Labute approximate surface area is 162 Å². The van der Waals surface area contributed by atoms with Gasteiger partial charge in [0.2, 0.25) is 15.9 Å². The Morgan fingerprint density at radius 3 is 2.39 bits per heavy atom. The van der Waals surface area contributed by atoms with Gasteiger partial charge in [-0.15, -0.1) is 0 Å². The molecule has 1 heterocycles. The molecule has 11 heteroatoms. The van der Waals surface area contributed by atoms with Crippen molar-refractivity contribution in [2.45, 2.75) is 24.0 Å². The molecule has 158 valence electrons. The molecule has 0 unspecified atom stereocenters. The number of rotatable bonds is 7. The predicted molar refractivity (Wildman–Crippen MR) is 96.1 cm³/mol. The van der Waals surface area contributed by atoms with Crippen molar-refractivity contribution >= 4 is 15.9 Å². The summed E-state index contributed by atoms with van der Waals surface area (Å²) in [6, 6.07) is 3.67. The van der Waals surface area contributed by atoms with Crippen LogP contribution in [-0.2, 0) is 25.7 Å². The summed E-state index contributed by atoms with van der Waals surface area (Å²) in [6.07, 6.45) is -4.76. The second-order valence-electron chi connectivity index (χ2n) is 6.39. The van der Waals surface area contributed by atoms with E-state index in [1.807, 2.05) is 0 Å². The summed E-state index contributed by atoms with van der Waals surface area (Å²) < 4.78 is 71.0. The first kappa shape index (κ1) is 22.6. The molecule has 2 rings (SSSR count). The largest absolute Gasteiger partial charge is 0.417 e. The lowest BCUT2D eigenvalue weighted by atomic mass is 10.2. The fourth-order valence-electron chi connectivity index (χ4n) is 2.99. The van der Waals surface area contributed by atoms with Gasteiger partial charge in [-0.25, -0.2) is 8.42 Å². The number of benzene rings is 1. The topological polar surface area (TPSA) is 79.0 Å². The number of carbonyl (C=O) groups is 1. The molecular weight excluding hydrogens is 399 g/mol. The van der Waals surface area contributed by atoms with Crippen molar-refractivity contribution in [2.75, 3.05) is 46.4 Å². The monoisotopic (exact) mass is 423 g/mol. The number of nitrogens with one attached hydrogen (secondary N) is 1. The average Bonchev–Trinajstić information content (AvgIpc) is 2.67. The molecule has 1 amide bonds. The molecule has 0 aromatic heterocycles. The first-order chi connectivity index (χ1) is 13.1. The van der Waals surface area contributed by atoms with Crippen molar-refractivity contribution in [2.24, 2.45) is 0 Å². The molecule has 1 aromatic carbocycles. The van der Waals surface area contributed by atoms with Crippen LogP contribution in [0, 0.1) is 0 Å². The number of amides is 1. The number of methoxy groups -OCH3 is 1. The van der Waals surface area contributed by atoms with Crippen LogP contribution in [0.25, 0.3) is 0 Å². The molecule has 1 aliphatic heterocycles. The first-order valence-corrected chi connectivity index (χ1v) is 10.2. The molecule has 1 saturated heterocycles. The first-order valence-electron chi connectivity index (χ1n) is 8.76. The lowest BCUT2D eigenvalue weighted by Gasteiger charge is -2.37. The van der Waals surface area contributed by atoms with E-state index in [9.17, 15) is 26.4 Å². The summed E-state index contributed by atoms with van der Waals surface area (Å²) in [6.45, 7) is 2.93. The van der Waals surface area contributed by atoms with Crippen LogP contribution in [-0.4, -0.2) is 76.0 Å². The summed E-state index contributed by atoms with van der Waals surface area (Å²) in [5, 5.41) is 2.71. The number of hydrogen-bond acceptors (Lipinski definition) is 5. The molecule has 1 N–H and O–H groups in total. The van der Waals surface area contributed by atoms with E-state index < -0.39 is 32.7 Å². The number of sulfonamides is 1. The van der Waals surface area contributed by atoms with Gasteiger partial charge in [-0.1, -0.05) is 12.1 Å². The van der Waals surface area contributed by atoms with Crippen LogP contribution in [0.15, 0.2) is 29.2 Å². The quantitative estimate of drug-likeness (QED) is 0.666. The molecule has 0 radical (unpaired) electrons. The number of carbonyl (C=O) groups excluding carboxylic acids is 1. The van der Waals surface area contributed by atoms with E-state index in [2.05, 4.69) is 5.32 Å². The van der Waals surface area contributed by atoms with Gasteiger partial charge in [-0.2, -0.15) is 17.5 Å². The van der Waals surface area contributed by atoms with Crippen molar-refractivity contribution in [3.63, 3.8) is 0 Å². The van der Waals surface area contributed by atoms with Gasteiger partial charge in [0.1, 0.15) is 0 Å². The van der Waals surface area contributed by atoms with E-state index in [4.69, 9.17) is 4.74 Å². The van der Waals surface area contributed by atoms with E-state index in [1.54, 1.807) is 11.8 Å². The molecule has 1 aromatic rings. The summed E-state index contributed by atoms with van der Waals surface area (Å²) in [5.41, 5.74) is -1.18. The fraction of sp³-hybridized carbons (Fsp3) is 0.588. The normalized spacial score (nSPS) is 18.0. The molecule has 0 aliphatic carbocycles. The lowest BCUT2D eigenvalue weighted by molar-refractivity contribution is -0.140. The van der Waals surface area contributed by atoms with Crippen LogP contribution in [0.4, 0.5) is 13.2 Å². The van der Waals surface area contributed by atoms with Crippen molar-refractivity contribution in [3.05, 3.63) is 29.8 Å². The van der Waals surface area contributed by atoms with Gasteiger partial charge in [0.15, 0.2) is 0 Å². The fourth-order valence-corrected chi connectivity index (χ4v) is 4.62. The van der Waals surface area contributed by atoms with Gasteiger partial charge < -0.3 is 10.1 Å². The van der Waals surface area contributed by atoms with E-state index in [-0.39, 0.29) is 32.1 Å². The Kier molecular flexibility index (Phi) is 7.43. The maximum atomic E-state index is 13.2. The zero-order valence-corrected chi connectivity index (χ0v) is 16.5. The zero-order valence-electron chi connectivity index (χ0n) is 15.7. The molecule has 1 aliphatic rings. The Bertz CT molecular complexity index is 778. The van der Waals surface area contributed by atoms with Crippen molar-refractivity contribution < 1.29 is 31.1 Å². The SMILES string of the molecule is COCCNC(=O)[C@H](C)N1CCN(S(=O)(=O)c2ccccc2C(F)(F)F)CC1.